The quantitative estimate of drug-likeness (QED) is 0.622. The minimum atomic E-state index is -0.261. The molecule has 1 rings (SSSR count). The molecule has 0 bridgehead atoms. The van der Waals surface area contributed by atoms with Gasteiger partial charge in [-0.1, -0.05) is 12.1 Å². The lowest BCUT2D eigenvalue weighted by Gasteiger charge is -2.05. The van der Waals surface area contributed by atoms with Crippen molar-refractivity contribution in [2.45, 2.75) is 20.8 Å². The summed E-state index contributed by atoms with van der Waals surface area (Å²) in [7, 11) is 0. The molecule has 4 heteroatoms. The molecule has 0 atom stereocenters. The molecule has 0 saturated heterocycles. The van der Waals surface area contributed by atoms with Gasteiger partial charge in [-0.05, 0) is 38.5 Å². The van der Waals surface area contributed by atoms with E-state index >= 15 is 0 Å². The lowest BCUT2D eigenvalue weighted by atomic mass is 10.2. The van der Waals surface area contributed by atoms with Crippen molar-refractivity contribution in [3.8, 4) is 5.75 Å². The summed E-state index contributed by atoms with van der Waals surface area (Å²) in [5, 5.41) is 3.79. The number of carbonyl (C=O) groups is 1. The first-order valence-corrected chi connectivity index (χ1v) is 5.07. The third-order valence-electron chi connectivity index (χ3n) is 1.76. The average molecular weight is 220 g/mol. The van der Waals surface area contributed by atoms with Gasteiger partial charge < -0.3 is 4.74 Å². The fraction of sp³-hybridized carbons (Fsp3) is 0.333. The molecule has 4 nitrogen and oxygen atoms in total. The van der Waals surface area contributed by atoms with Gasteiger partial charge in [-0.25, -0.2) is 5.43 Å². The smallest absolute Gasteiger partial charge is 0.277 e. The number of nitrogens with one attached hydrogen (secondary N) is 1. The molecule has 1 amide bonds. The van der Waals surface area contributed by atoms with Crippen molar-refractivity contribution in [2.75, 3.05) is 6.61 Å². The van der Waals surface area contributed by atoms with Crippen LogP contribution >= 0.6 is 0 Å². The predicted octanol–water partition coefficient (Wildman–Crippen LogP) is 1.89. The van der Waals surface area contributed by atoms with Crippen LogP contribution in [0, 0.1) is 6.92 Å². The van der Waals surface area contributed by atoms with E-state index in [4.69, 9.17) is 4.74 Å². The number of rotatable bonds is 4. The van der Waals surface area contributed by atoms with Gasteiger partial charge in [0, 0.05) is 5.71 Å². The predicted molar refractivity (Wildman–Crippen MR) is 63.6 cm³/mol. The molecular weight excluding hydrogens is 204 g/mol. The lowest BCUT2D eigenvalue weighted by molar-refractivity contribution is -0.123. The summed E-state index contributed by atoms with van der Waals surface area (Å²) in [6.07, 6.45) is 0. The van der Waals surface area contributed by atoms with Crippen molar-refractivity contribution in [1.29, 1.82) is 0 Å². The molecule has 0 aliphatic rings. The largest absolute Gasteiger partial charge is 0.484 e. The van der Waals surface area contributed by atoms with Crippen molar-refractivity contribution in [2.24, 2.45) is 5.10 Å². The van der Waals surface area contributed by atoms with E-state index in [0.29, 0.717) is 5.75 Å². The number of nitrogens with zero attached hydrogens (tertiary/aromatic N) is 1. The van der Waals surface area contributed by atoms with Crippen LogP contribution in [0.3, 0.4) is 0 Å². The Morgan fingerprint density at radius 1 is 1.44 bits per heavy atom. The van der Waals surface area contributed by atoms with Crippen LogP contribution < -0.4 is 10.2 Å². The Kier molecular flexibility index (Phi) is 4.51. The normalized spacial score (nSPS) is 9.44. The van der Waals surface area contributed by atoms with Crippen molar-refractivity contribution < 1.29 is 9.53 Å². The van der Waals surface area contributed by atoms with Crippen molar-refractivity contribution in [3.63, 3.8) is 0 Å². The summed E-state index contributed by atoms with van der Waals surface area (Å²) in [5.74, 6) is 0.426. The zero-order valence-electron chi connectivity index (χ0n) is 9.78. The molecule has 16 heavy (non-hydrogen) atoms. The van der Waals surface area contributed by atoms with Crippen LogP contribution in [-0.4, -0.2) is 18.2 Å². The van der Waals surface area contributed by atoms with Crippen molar-refractivity contribution >= 4 is 11.6 Å². The molecule has 0 unspecified atom stereocenters. The SMILES string of the molecule is CC(C)=NNC(=O)COc1cccc(C)c1. The monoisotopic (exact) mass is 220 g/mol. The maximum atomic E-state index is 11.3. The van der Waals surface area contributed by atoms with Crippen LogP contribution in [0.1, 0.15) is 19.4 Å². The molecule has 1 N–H and O–H groups in total. The van der Waals surface area contributed by atoms with Crippen LogP contribution in [0.4, 0.5) is 0 Å². The molecule has 0 saturated carbocycles. The average Bonchev–Trinajstić information content (AvgIpc) is 2.23. The first-order valence-electron chi connectivity index (χ1n) is 5.07. The molecular formula is C12H16N2O2. The molecule has 0 aliphatic heterocycles. The second kappa shape index (κ2) is 5.90. The maximum absolute atomic E-state index is 11.3. The van der Waals surface area contributed by atoms with Crippen molar-refractivity contribution in [1.82, 2.24) is 5.43 Å². The number of amides is 1. The van der Waals surface area contributed by atoms with Gasteiger partial charge >= 0.3 is 0 Å². The zero-order valence-corrected chi connectivity index (χ0v) is 9.78. The lowest BCUT2D eigenvalue weighted by Crippen LogP contribution is -2.25. The second-order valence-corrected chi connectivity index (χ2v) is 3.70. The van der Waals surface area contributed by atoms with E-state index in [1.165, 1.54) is 0 Å². The van der Waals surface area contributed by atoms with E-state index in [2.05, 4.69) is 10.5 Å². The van der Waals surface area contributed by atoms with E-state index in [1.807, 2.05) is 45.0 Å². The molecule has 0 aliphatic carbocycles. The van der Waals surface area contributed by atoms with Gasteiger partial charge in [0.2, 0.25) is 0 Å². The zero-order chi connectivity index (χ0) is 12.0. The van der Waals surface area contributed by atoms with Crippen LogP contribution in [0.15, 0.2) is 29.4 Å². The molecule has 0 fully saturated rings. The first-order chi connectivity index (χ1) is 7.58. The van der Waals surface area contributed by atoms with Crippen LogP contribution in [0.25, 0.3) is 0 Å². The summed E-state index contributed by atoms with van der Waals surface area (Å²) in [5.41, 5.74) is 4.28. The fourth-order valence-electron chi connectivity index (χ4n) is 1.06. The number of ether oxygens (including phenoxy) is 1. The number of benzene rings is 1. The molecule has 1 aromatic carbocycles. The summed E-state index contributed by atoms with van der Waals surface area (Å²) >= 11 is 0. The van der Waals surface area contributed by atoms with Crippen LogP contribution in [-0.2, 0) is 4.79 Å². The van der Waals surface area contributed by atoms with Crippen molar-refractivity contribution in [3.05, 3.63) is 29.8 Å². The standard InChI is InChI=1S/C12H16N2O2/c1-9(2)13-14-12(15)8-16-11-6-4-5-10(3)7-11/h4-7H,8H2,1-3H3,(H,14,15). The highest BCUT2D eigenvalue weighted by Gasteiger charge is 2.01. The Bertz CT molecular complexity index is 396. The number of carbonyl (C=O) groups excluding carboxylic acids is 1. The van der Waals surface area contributed by atoms with Crippen LogP contribution in [0.2, 0.25) is 0 Å². The molecule has 0 heterocycles. The van der Waals surface area contributed by atoms with E-state index in [9.17, 15) is 4.79 Å². The van der Waals surface area contributed by atoms with E-state index in [-0.39, 0.29) is 12.5 Å². The highest BCUT2D eigenvalue weighted by Crippen LogP contribution is 2.11. The van der Waals surface area contributed by atoms with Gasteiger partial charge in [-0.15, -0.1) is 0 Å². The minimum Gasteiger partial charge on any atom is -0.484 e. The van der Waals surface area contributed by atoms with Gasteiger partial charge in [0.05, 0.1) is 0 Å². The van der Waals surface area contributed by atoms with Gasteiger partial charge in [-0.3, -0.25) is 4.79 Å². The summed E-state index contributed by atoms with van der Waals surface area (Å²) in [6, 6.07) is 7.55. The van der Waals surface area contributed by atoms with Gasteiger partial charge in [-0.2, -0.15) is 5.10 Å². The summed E-state index contributed by atoms with van der Waals surface area (Å²) in [6.45, 7) is 5.56. The Morgan fingerprint density at radius 2 is 2.19 bits per heavy atom. The third-order valence-corrected chi connectivity index (χ3v) is 1.76. The number of hydrogen-bond acceptors (Lipinski definition) is 3. The summed E-state index contributed by atoms with van der Waals surface area (Å²) in [4.78, 5) is 11.3. The number of hydrazone groups is 1. The van der Waals surface area contributed by atoms with E-state index in [1.54, 1.807) is 0 Å². The Hall–Kier alpha value is -1.84. The van der Waals surface area contributed by atoms with E-state index in [0.717, 1.165) is 11.3 Å². The molecule has 1 aromatic rings. The Morgan fingerprint density at radius 3 is 2.81 bits per heavy atom. The molecule has 0 aromatic heterocycles. The highest BCUT2D eigenvalue weighted by atomic mass is 16.5. The topological polar surface area (TPSA) is 50.7 Å². The van der Waals surface area contributed by atoms with E-state index < -0.39 is 0 Å². The van der Waals surface area contributed by atoms with Gasteiger partial charge in [0.1, 0.15) is 5.75 Å². The molecule has 0 radical (unpaired) electrons. The highest BCUT2D eigenvalue weighted by molar-refractivity contribution is 5.83. The maximum Gasteiger partial charge on any atom is 0.277 e. The summed E-state index contributed by atoms with van der Waals surface area (Å²) < 4.78 is 5.30. The molecule has 0 spiro atoms. The van der Waals surface area contributed by atoms with Crippen LogP contribution in [0.5, 0.6) is 5.75 Å². The second-order valence-electron chi connectivity index (χ2n) is 3.70. The number of hydrogen-bond donors (Lipinski definition) is 1. The number of aryl methyl sites for hydroxylation is 1. The first kappa shape index (κ1) is 12.2. The molecule has 86 valence electrons. The van der Waals surface area contributed by atoms with Gasteiger partial charge in [0.25, 0.3) is 5.91 Å². The third kappa shape index (κ3) is 4.59. The Balaban J connectivity index is 2.40. The Labute approximate surface area is 95.3 Å². The fourth-order valence-corrected chi connectivity index (χ4v) is 1.06. The van der Waals surface area contributed by atoms with Gasteiger partial charge in [0.15, 0.2) is 6.61 Å². The minimum absolute atomic E-state index is 0.0275.